The van der Waals surface area contributed by atoms with Crippen LogP contribution in [0.4, 0.5) is 0 Å². The highest BCUT2D eigenvalue weighted by molar-refractivity contribution is 8.01. The molecule has 268 valence electrons. The van der Waals surface area contributed by atoms with Gasteiger partial charge in [0.15, 0.2) is 5.60 Å². The van der Waals surface area contributed by atoms with Gasteiger partial charge in [0.2, 0.25) is 0 Å². The molecule has 1 spiro atoms. The predicted molar refractivity (Wildman–Crippen MR) is 223 cm³/mol. The fourth-order valence-corrected chi connectivity index (χ4v) is 12.2. The fraction of sp³-hybridized carbons (Fsp3) is 0.348. The van der Waals surface area contributed by atoms with Crippen molar-refractivity contribution in [3.63, 3.8) is 0 Å². The third-order valence-electron chi connectivity index (χ3n) is 11.6. The highest BCUT2D eigenvalue weighted by Gasteiger charge is 2.55. The number of methoxy groups -OCH3 is 2. The van der Waals surface area contributed by atoms with Crippen molar-refractivity contribution in [2.24, 2.45) is 10.8 Å². The molecule has 0 amide bonds. The van der Waals surface area contributed by atoms with Crippen molar-refractivity contribution in [2.45, 2.75) is 72.7 Å². The van der Waals surface area contributed by atoms with E-state index in [-0.39, 0.29) is 16.2 Å². The molecule has 0 saturated heterocycles. The summed E-state index contributed by atoms with van der Waals surface area (Å²) in [5.41, 5.74) is 8.29. The van der Waals surface area contributed by atoms with E-state index in [1.165, 1.54) is 54.3 Å². The van der Waals surface area contributed by atoms with Crippen LogP contribution >= 0.6 is 35.3 Å². The molecular weight excluding hydrogens is 697 g/mol. The van der Waals surface area contributed by atoms with Crippen molar-refractivity contribution in [3.8, 4) is 28.4 Å². The maximum Gasteiger partial charge on any atom is 0.178 e. The third kappa shape index (κ3) is 5.50. The van der Waals surface area contributed by atoms with Crippen LogP contribution in [0, 0.1) is 10.8 Å². The number of rotatable bonds is 7. The molecule has 1 fully saturated rings. The van der Waals surface area contributed by atoms with Crippen molar-refractivity contribution >= 4 is 52.1 Å². The SMILES string of the molecule is COc1ccc(C2(c3ccc(OC)cc3)C=Cc3c4c(c5cc(SC)c(SC)cc5c3O2)-c2ccc(SC)cc2C42CC(C)(C)CC(C)(C)C2)cc1. The summed E-state index contributed by atoms with van der Waals surface area (Å²) >= 11 is 5.48. The normalized spacial score (nSPS) is 18.4. The van der Waals surface area contributed by atoms with E-state index in [0.29, 0.717) is 0 Å². The fourth-order valence-electron chi connectivity index (χ4n) is 10.3. The molecule has 52 heavy (non-hydrogen) atoms. The predicted octanol–water partition coefficient (Wildman–Crippen LogP) is 12.9. The molecule has 0 aromatic heterocycles. The Balaban J connectivity index is 1.50. The Kier molecular flexibility index (Phi) is 8.79. The number of thioether (sulfide) groups is 3. The summed E-state index contributed by atoms with van der Waals surface area (Å²) in [6.07, 6.45) is 14.7. The van der Waals surface area contributed by atoms with E-state index < -0.39 is 5.60 Å². The van der Waals surface area contributed by atoms with Gasteiger partial charge >= 0.3 is 0 Å². The lowest BCUT2D eigenvalue weighted by Crippen LogP contribution is -2.44. The van der Waals surface area contributed by atoms with Crippen LogP contribution in [0.25, 0.3) is 28.0 Å². The van der Waals surface area contributed by atoms with Crippen LogP contribution in [0.2, 0.25) is 0 Å². The van der Waals surface area contributed by atoms with E-state index in [1.807, 2.05) is 47.8 Å². The Labute approximate surface area is 322 Å². The van der Waals surface area contributed by atoms with Crippen LogP contribution < -0.4 is 14.2 Å². The molecule has 8 rings (SSSR count). The van der Waals surface area contributed by atoms with Crippen LogP contribution in [0.3, 0.4) is 0 Å². The van der Waals surface area contributed by atoms with Gasteiger partial charge in [-0.25, -0.2) is 0 Å². The average Bonchev–Trinajstić information content (AvgIpc) is 3.40. The van der Waals surface area contributed by atoms with Gasteiger partial charge < -0.3 is 14.2 Å². The second-order valence-corrected chi connectivity index (χ2v) is 18.8. The topological polar surface area (TPSA) is 27.7 Å². The first-order valence-corrected chi connectivity index (χ1v) is 21.7. The highest BCUT2D eigenvalue weighted by Crippen LogP contribution is 2.67. The zero-order valence-corrected chi connectivity index (χ0v) is 34.2. The second-order valence-electron chi connectivity index (χ2n) is 16.2. The van der Waals surface area contributed by atoms with E-state index in [9.17, 15) is 0 Å². The molecule has 0 atom stereocenters. The zero-order valence-electron chi connectivity index (χ0n) is 31.7. The first-order chi connectivity index (χ1) is 24.9. The van der Waals surface area contributed by atoms with Gasteiger partial charge in [0.25, 0.3) is 0 Å². The largest absolute Gasteiger partial charge is 0.497 e. The molecular formula is C46H48O3S3. The summed E-state index contributed by atoms with van der Waals surface area (Å²) in [5.74, 6) is 2.60. The van der Waals surface area contributed by atoms with Gasteiger partial charge in [0.05, 0.1) is 14.2 Å². The number of hydrogen-bond acceptors (Lipinski definition) is 6. The third-order valence-corrected chi connectivity index (χ3v) is 14.0. The lowest BCUT2D eigenvalue weighted by atomic mass is 9.52. The second kappa shape index (κ2) is 12.8. The Hall–Kier alpha value is -3.45. The molecule has 0 radical (unpaired) electrons. The van der Waals surface area contributed by atoms with Crippen LogP contribution in [-0.4, -0.2) is 33.0 Å². The quantitative estimate of drug-likeness (QED) is 0.154. The molecule has 1 heterocycles. The summed E-state index contributed by atoms with van der Waals surface area (Å²) in [4.78, 5) is 3.90. The molecule has 0 bridgehead atoms. The molecule has 2 aliphatic carbocycles. The standard InChI is InChI=1S/C46H48O3S3/c1-43(2)25-44(3,4)27-45(26-43)37-22-32(50-7)18-19-33(37)40-35-23-38(51-8)39(52-9)24-36(35)42-34(41(40)45)20-21-46(49-42,28-10-14-30(47-5)15-11-28)29-12-16-31(48-6)17-13-29/h10-24H,25-27H2,1-9H3. The molecule has 6 heteroatoms. The molecule has 1 aliphatic heterocycles. The van der Waals surface area contributed by atoms with Crippen molar-refractivity contribution in [2.75, 3.05) is 33.0 Å². The molecule has 3 aliphatic rings. The number of fused-ring (bicyclic) bond motifs is 10. The van der Waals surface area contributed by atoms with Crippen molar-refractivity contribution in [3.05, 3.63) is 113 Å². The molecule has 0 N–H and O–H groups in total. The van der Waals surface area contributed by atoms with Crippen LogP contribution in [-0.2, 0) is 11.0 Å². The van der Waals surface area contributed by atoms with E-state index in [0.717, 1.165) is 46.6 Å². The first-order valence-electron chi connectivity index (χ1n) is 18.0. The minimum atomic E-state index is -0.875. The van der Waals surface area contributed by atoms with Gasteiger partial charge in [0, 0.05) is 42.2 Å². The monoisotopic (exact) mass is 744 g/mol. The lowest BCUT2D eigenvalue weighted by Gasteiger charge is -2.52. The van der Waals surface area contributed by atoms with Gasteiger partial charge in [-0.2, -0.15) is 0 Å². The summed E-state index contributed by atoms with van der Waals surface area (Å²) in [7, 11) is 3.43. The van der Waals surface area contributed by atoms with Crippen molar-refractivity contribution in [1.82, 2.24) is 0 Å². The Morgan fingerprint density at radius 3 is 1.71 bits per heavy atom. The Bertz CT molecular complexity index is 2170. The summed E-state index contributed by atoms with van der Waals surface area (Å²) in [6, 6.07) is 28.8. The first kappa shape index (κ1) is 35.6. The van der Waals surface area contributed by atoms with Gasteiger partial charge in [-0.3, -0.25) is 0 Å². The van der Waals surface area contributed by atoms with Gasteiger partial charge in [0.1, 0.15) is 17.2 Å². The number of ether oxygens (including phenoxy) is 3. The molecule has 3 nitrogen and oxygen atoms in total. The van der Waals surface area contributed by atoms with Crippen molar-refractivity contribution in [1.29, 1.82) is 0 Å². The lowest BCUT2D eigenvalue weighted by molar-refractivity contribution is 0.0641. The van der Waals surface area contributed by atoms with Crippen LogP contribution in [0.1, 0.15) is 74.8 Å². The Morgan fingerprint density at radius 2 is 1.19 bits per heavy atom. The van der Waals surface area contributed by atoms with Gasteiger partial charge in [-0.05, 0) is 131 Å². The van der Waals surface area contributed by atoms with E-state index in [2.05, 4.69) is 113 Å². The molecule has 0 unspecified atom stereocenters. The van der Waals surface area contributed by atoms with Gasteiger partial charge in [-0.15, -0.1) is 35.3 Å². The molecule has 1 saturated carbocycles. The smallest absolute Gasteiger partial charge is 0.178 e. The number of benzene rings is 5. The Morgan fingerprint density at radius 1 is 0.635 bits per heavy atom. The summed E-state index contributed by atoms with van der Waals surface area (Å²) in [6.45, 7) is 9.95. The molecule has 5 aromatic carbocycles. The van der Waals surface area contributed by atoms with Crippen LogP contribution in [0.15, 0.2) is 99.6 Å². The minimum absolute atomic E-state index is 0.153. The molecule has 5 aromatic rings. The maximum atomic E-state index is 7.74. The van der Waals surface area contributed by atoms with E-state index in [4.69, 9.17) is 14.2 Å². The maximum absolute atomic E-state index is 7.74. The average molecular weight is 745 g/mol. The number of hydrogen-bond donors (Lipinski definition) is 0. The minimum Gasteiger partial charge on any atom is -0.497 e. The van der Waals surface area contributed by atoms with E-state index in [1.54, 1.807) is 26.0 Å². The van der Waals surface area contributed by atoms with E-state index >= 15 is 0 Å². The zero-order chi connectivity index (χ0) is 36.6. The summed E-state index contributed by atoms with van der Waals surface area (Å²) in [5, 5.41) is 2.44. The highest BCUT2D eigenvalue weighted by atomic mass is 32.2. The summed E-state index contributed by atoms with van der Waals surface area (Å²) < 4.78 is 18.9. The van der Waals surface area contributed by atoms with Gasteiger partial charge in [-0.1, -0.05) is 64.1 Å². The van der Waals surface area contributed by atoms with Crippen LogP contribution in [0.5, 0.6) is 17.2 Å². The van der Waals surface area contributed by atoms with Crippen molar-refractivity contribution < 1.29 is 14.2 Å².